The number of nitrogens with one attached hydrogen (secondary N) is 1. The molecule has 0 unspecified atom stereocenters. The van der Waals surface area contributed by atoms with Gasteiger partial charge in [-0.25, -0.2) is 0 Å². The first-order valence-corrected chi connectivity index (χ1v) is 5.97. The Morgan fingerprint density at radius 1 is 0.950 bits per heavy atom. The third kappa shape index (κ3) is 3.85. The highest BCUT2D eigenvalue weighted by molar-refractivity contribution is 5.82. The first kappa shape index (κ1) is 14.1. The van der Waals surface area contributed by atoms with E-state index in [0.29, 0.717) is 5.56 Å². The average molecular weight is 279 g/mol. The van der Waals surface area contributed by atoms with Gasteiger partial charge in [0.2, 0.25) is 5.91 Å². The number of carbonyl (C=O) groups is 1. The molecule has 2 aromatic rings. The van der Waals surface area contributed by atoms with Crippen LogP contribution in [0.3, 0.4) is 0 Å². The minimum absolute atomic E-state index is 0.315. The normalized spacial score (nSPS) is 11.2. The summed E-state index contributed by atoms with van der Waals surface area (Å²) >= 11 is 0. The Balaban J connectivity index is 2.23. The molecule has 1 amide bonds. The number of halogens is 3. The average Bonchev–Trinajstić information content (AvgIpc) is 2.38. The van der Waals surface area contributed by atoms with Crippen molar-refractivity contribution >= 4 is 5.91 Å². The number of benzene rings is 2. The van der Waals surface area contributed by atoms with Gasteiger partial charge in [0.1, 0.15) is 0 Å². The van der Waals surface area contributed by atoms with Gasteiger partial charge in [0.05, 0.1) is 6.42 Å². The lowest BCUT2D eigenvalue weighted by atomic mass is 9.97. The van der Waals surface area contributed by atoms with Crippen LogP contribution in [0.15, 0.2) is 54.6 Å². The van der Waals surface area contributed by atoms with Gasteiger partial charge < -0.3 is 0 Å². The summed E-state index contributed by atoms with van der Waals surface area (Å²) in [5.41, 5.74) is 2.17. The summed E-state index contributed by atoms with van der Waals surface area (Å²) < 4.78 is 36.3. The maximum Gasteiger partial charge on any atom is 0.484 e. The maximum absolute atomic E-state index is 12.1. The zero-order valence-electron chi connectivity index (χ0n) is 10.4. The number of alkyl halides is 3. The van der Waals surface area contributed by atoms with Crippen molar-refractivity contribution in [2.45, 2.75) is 12.7 Å². The Bertz CT molecular complexity index is 594. The standard InChI is InChI=1S/C15H12F3NO/c16-15(17,18)19-14(20)10-12-8-4-5-9-13(12)11-6-2-1-3-7-11/h1-9H,10H2,(H,19,20). The van der Waals surface area contributed by atoms with Crippen molar-refractivity contribution in [3.63, 3.8) is 0 Å². The molecule has 0 aliphatic carbocycles. The molecule has 0 aliphatic rings. The van der Waals surface area contributed by atoms with E-state index >= 15 is 0 Å². The van der Waals surface area contributed by atoms with Gasteiger partial charge in [-0.1, -0.05) is 54.6 Å². The zero-order chi connectivity index (χ0) is 14.6. The van der Waals surface area contributed by atoms with E-state index in [1.165, 1.54) is 0 Å². The van der Waals surface area contributed by atoms with E-state index in [1.54, 1.807) is 24.3 Å². The molecule has 2 nitrogen and oxygen atoms in total. The van der Waals surface area contributed by atoms with Gasteiger partial charge in [0, 0.05) is 0 Å². The van der Waals surface area contributed by atoms with Gasteiger partial charge >= 0.3 is 6.30 Å². The highest BCUT2D eigenvalue weighted by Crippen LogP contribution is 2.24. The third-order valence-corrected chi connectivity index (χ3v) is 2.73. The molecule has 0 aliphatic heterocycles. The van der Waals surface area contributed by atoms with Crippen LogP contribution < -0.4 is 5.32 Å². The van der Waals surface area contributed by atoms with E-state index in [9.17, 15) is 18.0 Å². The first-order chi connectivity index (χ1) is 9.46. The molecule has 20 heavy (non-hydrogen) atoms. The smallest absolute Gasteiger partial charge is 0.274 e. The quantitative estimate of drug-likeness (QED) is 0.856. The molecule has 0 aromatic heterocycles. The molecule has 1 N–H and O–H groups in total. The fourth-order valence-electron chi connectivity index (χ4n) is 1.95. The van der Waals surface area contributed by atoms with Crippen LogP contribution in [0.25, 0.3) is 11.1 Å². The van der Waals surface area contributed by atoms with E-state index in [2.05, 4.69) is 0 Å². The fraction of sp³-hybridized carbons (Fsp3) is 0.133. The Hall–Kier alpha value is -2.30. The first-order valence-electron chi connectivity index (χ1n) is 5.97. The number of rotatable bonds is 3. The van der Waals surface area contributed by atoms with Gasteiger partial charge in [-0.3, -0.25) is 10.1 Å². The number of amides is 1. The van der Waals surface area contributed by atoms with Crippen molar-refractivity contribution in [1.29, 1.82) is 0 Å². The van der Waals surface area contributed by atoms with Crippen LogP contribution in [0.4, 0.5) is 13.2 Å². The minimum Gasteiger partial charge on any atom is -0.274 e. The minimum atomic E-state index is -4.70. The molecule has 0 atom stereocenters. The predicted octanol–water partition coefficient (Wildman–Crippen LogP) is 3.53. The number of carbonyl (C=O) groups excluding carboxylic acids is 1. The second kappa shape index (κ2) is 5.77. The summed E-state index contributed by atoms with van der Waals surface area (Å²) in [5, 5.41) is 1.01. The van der Waals surface area contributed by atoms with E-state index in [-0.39, 0.29) is 6.42 Å². The van der Waals surface area contributed by atoms with Crippen molar-refractivity contribution in [1.82, 2.24) is 5.32 Å². The van der Waals surface area contributed by atoms with Gasteiger partial charge in [0.15, 0.2) is 0 Å². The molecule has 0 saturated carbocycles. The van der Waals surface area contributed by atoms with Crippen LogP contribution in [0.1, 0.15) is 5.56 Å². The topological polar surface area (TPSA) is 29.1 Å². The molecule has 0 fully saturated rings. The molecule has 0 bridgehead atoms. The van der Waals surface area contributed by atoms with Crippen molar-refractivity contribution in [3.8, 4) is 11.1 Å². The molecular formula is C15H12F3NO. The fourth-order valence-corrected chi connectivity index (χ4v) is 1.95. The lowest BCUT2D eigenvalue weighted by Gasteiger charge is -2.11. The van der Waals surface area contributed by atoms with Crippen molar-refractivity contribution < 1.29 is 18.0 Å². The number of hydrogen-bond donors (Lipinski definition) is 1. The summed E-state index contributed by atoms with van der Waals surface area (Å²) in [5.74, 6) is -1.07. The van der Waals surface area contributed by atoms with E-state index < -0.39 is 12.2 Å². The third-order valence-electron chi connectivity index (χ3n) is 2.73. The molecule has 104 valence electrons. The number of hydrogen-bond acceptors (Lipinski definition) is 1. The van der Waals surface area contributed by atoms with Crippen molar-refractivity contribution in [2.24, 2.45) is 0 Å². The Kier molecular flexibility index (Phi) is 4.08. The van der Waals surface area contributed by atoms with Crippen LogP contribution in [0.5, 0.6) is 0 Å². The Labute approximate surface area is 114 Å². The van der Waals surface area contributed by atoms with Crippen LogP contribution in [-0.2, 0) is 11.2 Å². The highest BCUT2D eigenvalue weighted by atomic mass is 19.4. The second-order valence-corrected chi connectivity index (χ2v) is 4.25. The summed E-state index contributed by atoms with van der Waals surface area (Å²) in [4.78, 5) is 11.4. The van der Waals surface area contributed by atoms with Crippen LogP contribution in [-0.4, -0.2) is 12.2 Å². The zero-order valence-corrected chi connectivity index (χ0v) is 10.4. The van der Waals surface area contributed by atoms with Gasteiger partial charge in [-0.05, 0) is 16.7 Å². The monoisotopic (exact) mass is 279 g/mol. The summed E-state index contributed by atoms with van der Waals surface area (Å²) in [7, 11) is 0. The largest absolute Gasteiger partial charge is 0.484 e. The van der Waals surface area contributed by atoms with Gasteiger partial charge in [-0.15, -0.1) is 0 Å². The predicted molar refractivity (Wildman–Crippen MR) is 69.8 cm³/mol. The molecule has 0 heterocycles. The SMILES string of the molecule is O=C(Cc1ccccc1-c1ccccc1)NC(F)(F)F. The summed E-state index contributed by atoms with van der Waals surface area (Å²) in [6.45, 7) is 0. The second-order valence-electron chi connectivity index (χ2n) is 4.25. The summed E-state index contributed by atoms with van der Waals surface area (Å²) in [6.07, 6.45) is -5.01. The van der Waals surface area contributed by atoms with E-state index in [0.717, 1.165) is 16.4 Å². The van der Waals surface area contributed by atoms with Gasteiger partial charge in [-0.2, -0.15) is 13.2 Å². The van der Waals surface area contributed by atoms with Crippen LogP contribution in [0, 0.1) is 0 Å². The molecule has 0 radical (unpaired) electrons. The molecular weight excluding hydrogens is 267 g/mol. The molecule has 0 saturated heterocycles. The Morgan fingerprint density at radius 3 is 2.20 bits per heavy atom. The molecule has 2 aromatic carbocycles. The highest BCUT2D eigenvalue weighted by Gasteiger charge is 2.30. The van der Waals surface area contributed by atoms with Gasteiger partial charge in [0.25, 0.3) is 0 Å². The summed E-state index contributed by atoms with van der Waals surface area (Å²) in [6, 6.07) is 16.1. The lowest BCUT2D eigenvalue weighted by Crippen LogP contribution is -2.38. The lowest BCUT2D eigenvalue weighted by molar-refractivity contribution is -0.169. The Morgan fingerprint density at radius 2 is 1.55 bits per heavy atom. The molecule has 0 spiro atoms. The van der Waals surface area contributed by atoms with Crippen LogP contribution in [0.2, 0.25) is 0 Å². The van der Waals surface area contributed by atoms with Crippen molar-refractivity contribution in [3.05, 3.63) is 60.2 Å². The van der Waals surface area contributed by atoms with E-state index in [4.69, 9.17) is 0 Å². The maximum atomic E-state index is 12.1. The van der Waals surface area contributed by atoms with E-state index in [1.807, 2.05) is 30.3 Å². The van der Waals surface area contributed by atoms with Crippen molar-refractivity contribution in [2.75, 3.05) is 0 Å². The van der Waals surface area contributed by atoms with Crippen LogP contribution >= 0.6 is 0 Å². The molecule has 2 rings (SSSR count). The molecule has 5 heteroatoms.